The predicted molar refractivity (Wildman–Crippen MR) is 97.3 cm³/mol. The Morgan fingerprint density at radius 1 is 1.04 bits per heavy atom. The Hall–Kier alpha value is -2.95. The third kappa shape index (κ3) is 3.18. The van der Waals surface area contributed by atoms with E-state index in [4.69, 9.17) is 0 Å². The van der Waals surface area contributed by atoms with E-state index in [1.807, 2.05) is 54.6 Å². The second kappa shape index (κ2) is 6.51. The summed E-state index contributed by atoms with van der Waals surface area (Å²) in [5.41, 5.74) is 1.69. The van der Waals surface area contributed by atoms with Crippen molar-refractivity contribution in [2.24, 2.45) is 5.10 Å². The number of carbonyl (C=O) groups excluding carboxylic acids is 2. The van der Waals surface area contributed by atoms with Crippen LogP contribution in [-0.4, -0.2) is 23.2 Å². The molecule has 0 saturated carbocycles. The van der Waals surface area contributed by atoms with Crippen molar-refractivity contribution in [1.82, 2.24) is 10.3 Å². The van der Waals surface area contributed by atoms with Gasteiger partial charge in [0.1, 0.15) is 5.54 Å². The maximum atomic E-state index is 12.7. The van der Waals surface area contributed by atoms with E-state index < -0.39 is 17.5 Å². The molecule has 0 aromatic heterocycles. The lowest BCUT2D eigenvalue weighted by molar-refractivity contribution is -0.131. The lowest BCUT2D eigenvalue weighted by atomic mass is 9.92. The van der Waals surface area contributed by atoms with Crippen molar-refractivity contribution in [3.05, 3.63) is 71.3 Å². The summed E-state index contributed by atoms with van der Waals surface area (Å²) in [5.74, 6) is 0.0576. The minimum absolute atomic E-state index is 0.390. The highest BCUT2D eigenvalue weighted by atomic mass is 16.2. The average molecular weight is 335 g/mol. The molecule has 1 heterocycles. The third-order valence-electron chi connectivity index (χ3n) is 4.45. The van der Waals surface area contributed by atoms with Crippen molar-refractivity contribution in [3.8, 4) is 0 Å². The summed E-state index contributed by atoms with van der Waals surface area (Å²) >= 11 is 0. The average Bonchev–Trinajstić information content (AvgIpc) is 2.84. The van der Waals surface area contributed by atoms with Gasteiger partial charge in [0.2, 0.25) is 0 Å². The summed E-state index contributed by atoms with van der Waals surface area (Å²) in [6.07, 6.45) is 1.53. The molecule has 0 radical (unpaired) electrons. The molecule has 3 rings (SSSR count). The van der Waals surface area contributed by atoms with Crippen LogP contribution in [0.5, 0.6) is 0 Å². The van der Waals surface area contributed by atoms with Crippen LogP contribution in [0.1, 0.15) is 43.4 Å². The maximum Gasteiger partial charge on any atom is 0.346 e. The number of hydrogen-bond donors (Lipinski definition) is 1. The van der Waals surface area contributed by atoms with Gasteiger partial charge in [0.05, 0.1) is 6.21 Å². The Labute approximate surface area is 147 Å². The second-order valence-corrected chi connectivity index (χ2v) is 6.60. The number of nitrogens with zero attached hydrogens (tertiary/aromatic N) is 2. The minimum atomic E-state index is -1.10. The molecule has 2 aromatic carbocycles. The molecule has 128 valence electrons. The standard InChI is InChI=1S/C20H21N3O2/c1-14(2)16-11-9-15(10-12-16)13-21-23-18(24)20(3,22-19(23)25)17-7-5-4-6-8-17/h4-14H,1-3H3,(H,22,25)/b21-13-/t20-/m0/s1. The van der Waals surface area contributed by atoms with Crippen LogP contribution in [0.15, 0.2) is 59.7 Å². The van der Waals surface area contributed by atoms with E-state index in [1.165, 1.54) is 11.8 Å². The van der Waals surface area contributed by atoms with Gasteiger partial charge in [-0.3, -0.25) is 4.79 Å². The first kappa shape index (κ1) is 16.9. The van der Waals surface area contributed by atoms with E-state index in [2.05, 4.69) is 24.3 Å². The Balaban J connectivity index is 1.81. The lowest BCUT2D eigenvalue weighted by Gasteiger charge is -2.20. The topological polar surface area (TPSA) is 61.8 Å². The van der Waals surface area contributed by atoms with Gasteiger partial charge in [0, 0.05) is 0 Å². The summed E-state index contributed by atoms with van der Waals surface area (Å²) < 4.78 is 0. The van der Waals surface area contributed by atoms with Gasteiger partial charge >= 0.3 is 6.03 Å². The molecule has 5 heteroatoms. The van der Waals surface area contributed by atoms with Crippen molar-refractivity contribution in [2.45, 2.75) is 32.2 Å². The first-order valence-electron chi connectivity index (χ1n) is 8.28. The van der Waals surface area contributed by atoms with E-state index in [0.717, 1.165) is 16.1 Å². The van der Waals surface area contributed by atoms with Gasteiger partial charge in [-0.2, -0.15) is 5.10 Å². The normalized spacial score (nSPS) is 20.6. The molecule has 1 fully saturated rings. The van der Waals surface area contributed by atoms with Gasteiger partial charge in [-0.1, -0.05) is 68.4 Å². The summed E-state index contributed by atoms with van der Waals surface area (Å²) in [5, 5.41) is 7.72. The first-order valence-corrected chi connectivity index (χ1v) is 8.28. The Bertz CT molecular complexity index is 813. The molecule has 1 atom stereocenters. The van der Waals surface area contributed by atoms with Crippen LogP contribution in [0.25, 0.3) is 0 Å². The first-order chi connectivity index (χ1) is 11.9. The van der Waals surface area contributed by atoms with Crippen molar-refractivity contribution >= 4 is 18.2 Å². The van der Waals surface area contributed by atoms with Gasteiger partial charge in [-0.15, -0.1) is 5.01 Å². The largest absolute Gasteiger partial charge is 0.346 e. The fraction of sp³-hybridized carbons (Fsp3) is 0.250. The van der Waals surface area contributed by atoms with Crippen molar-refractivity contribution < 1.29 is 9.59 Å². The fourth-order valence-corrected chi connectivity index (χ4v) is 2.79. The Morgan fingerprint density at radius 2 is 1.68 bits per heavy atom. The molecule has 0 bridgehead atoms. The molecule has 3 amide bonds. The zero-order chi connectivity index (χ0) is 18.0. The highest BCUT2D eigenvalue weighted by Gasteiger charge is 2.49. The SMILES string of the molecule is CC(C)c1ccc(/C=N\N2C(=O)N[C@@](C)(c3ccccc3)C2=O)cc1. The van der Waals surface area contributed by atoms with E-state index >= 15 is 0 Å². The number of rotatable bonds is 4. The molecule has 1 aliphatic rings. The maximum absolute atomic E-state index is 12.7. The van der Waals surface area contributed by atoms with Crippen LogP contribution in [-0.2, 0) is 10.3 Å². The van der Waals surface area contributed by atoms with E-state index in [1.54, 1.807) is 6.92 Å². The molecule has 1 N–H and O–H groups in total. The van der Waals surface area contributed by atoms with Gasteiger partial charge < -0.3 is 5.32 Å². The summed E-state index contributed by atoms with van der Waals surface area (Å²) in [6.45, 7) is 5.94. The van der Waals surface area contributed by atoms with Crippen molar-refractivity contribution in [2.75, 3.05) is 0 Å². The lowest BCUT2D eigenvalue weighted by Crippen LogP contribution is -2.40. The molecule has 2 aromatic rings. The molecule has 0 aliphatic carbocycles. The van der Waals surface area contributed by atoms with Gasteiger partial charge in [0.25, 0.3) is 5.91 Å². The Kier molecular flexibility index (Phi) is 4.40. The second-order valence-electron chi connectivity index (χ2n) is 6.60. The van der Waals surface area contributed by atoms with Crippen LogP contribution >= 0.6 is 0 Å². The predicted octanol–water partition coefficient (Wildman–Crippen LogP) is 3.61. The van der Waals surface area contributed by atoms with Gasteiger partial charge in [-0.25, -0.2) is 4.79 Å². The monoisotopic (exact) mass is 335 g/mol. The highest BCUT2D eigenvalue weighted by Crippen LogP contribution is 2.28. The quantitative estimate of drug-likeness (QED) is 0.685. The summed E-state index contributed by atoms with van der Waals surface area (Å²) in [4.78, 5) is 25.0. The molecule has 5 nitrogen and oxygen atoms in total. The number of hydrazone groups is 1. The number of imide groups is 1. The number of benzene rings is 2. The molecular formula is C20H21N3O2. The van der Waals surface area contributed by atoms with Crippen LogP contribution < -0.4 is 5.32 Å². The zero-order valence-electron chi connectivity index (χ0n) is 14.6. The number of hydrogen-bond acceptors (Lipinski definition) is 3. The number of amides is 3. The minimum Gasteiger partial charge on any atom is -0.318 e. The highest BCUT2D eigenvalue weighted by molar-refractivity contribution is 6.07. The van der Waals surface area contributed by atoms with Crippen LogP contribution in [0.2, 0.25) is 0 Å². The summed E-state index contributed by atoms with van der Waals surface area (Å²) in [6, 6.07) is 16.5. The van der Waals surface area contributed by atoms with Crippen molar-refractivity contribution in [1.29, 1.82) is 0 Å². The number of carbonyl (C=O) groups is 2. The molecule has 25 heavy (non-hydrogen) atoms. The summed E-state index contributed by atoms with van der Waals surface area (Å²) in [7, 11) is 0. The number of nitrogens with one attached hydrogen (secondary N) is 1. The van der Waals surface area contributed by atoms with E-state index in [0.29, 0.717) is 5.92 Å². The van der Waals surface area contributed by atoms with Gasteiger partial charge in [0.15, 0.2) is 0 Å². The van der Waals surface area contributed by atoms with Crippen LogP contribution in [0.3, 0.4) is 0 Å². The zero-order valence-corrected chi connectivity index (χ0v) is 14.6. The molecule has 1 saturated heterocycles. The Morgan fingerprint density at radius 3 is 2.28 bits per heavy atom. The van der Waals surface area contributed by atoms with E-state index in [-0.39, 0.29) is 0 Å². The number of urea groups is 1. The molecule has 0 unspecified atom stereocenters. The smallest absolute Gasteiger partial charge is 0.318 e. The molecular weight excluding hydrogens is 314 g/mol. The van der Waals surface area contributed by atoms with Crippen LogP contribution in [0.4, 0.5) is 4.79 Å². The van der Waals surface area contributed by atoms with Gasteiger partial charge in [-0.05, 0) is 29.5 Å². The molecule has 1 aliphatic heterocycles. The van der Waals surface area contributed by atoms with E-state index in [9.17, 15) is 9.59 Å². The third-order valence-corrected chi connectivity index (χ3v) is 4.45. The fourth-order valence-electron chi connectivity index (χ4n) is 2.79. The van der Waals surface area contributed by atoms with Crippen LogP contribution in [0, 0.1) is 0 Å². The molecule has 0 spiro atoms. The van der Waals surface area contributed by atoms with Crippen molar-refractivity contribution in [3.63, 3.8) is 0 Å².